The van der Waals surface area contributed by atoms with Crippen LogP contribution in [0.2, 0.25) is 0 Å². The van der Waals surface area contributed by atoms with Crippen LogP contribution < -0.4 is 0 Å². The van der Waals surface area contributed by atoms with E-state index < -0.39 is 0 Å². The first-order valence-electron chi connectivity index (χ1n) is 10.2. The molecule has 1 aromatic rings. The summed E-state index contributed by atoms with van der Waals surface area (Å²) in [5, 5.41) is 0. The third-order valence-electron chi connectivity index (χ3n) is 6.16. The Bertz CT molecular complexity index is 687. The second-order valence-electron chi connectivity index (χ2n) is 8.14. The van der Waals surface area contributed by atoms with Gasteiger partial charge in [0.05, 0.1) is 5.69 Å². The molecule has 0 spiro atoms. The SMILES string of the molecule is CC(=O)N1CCc2nc(C3CCCN(CC4CC=CCC4)C3)ncc2C1. The third kappa shape index (κ3) is 3.98. The smallest absolute Gasteiger partial charge is 0.219 e. The first kappa shape index (κ1) is 17.7. The Hall–Kier alpha value is -1.75. The summed E-state index contributed by atoms with van der Waals surface area (Å²) in [6.07, 6.45) is 13.8. The van der Waals surface area contributed by atoms with Crippen LogP contribution in [0.1, 0.15) is 62.0 Å². The van der Waals surface area contributed by atoms with Crippen molar-refractivity contribution in [2.75, 3.05) is 26.2 Å². The van der Waals surface area contributed by atoms with Crippen molar-refractivity contribution >= 4 is 5.91 Å². The number of hydrogen-bond acceptors (Lipinski definition) is 4. The van der Waals surface area contributed by atoms with Crippen molar-refractivity contribution < 1.29 is 4.79 Å². The highest BCUT2D eigenvalue weighted by Crippen LogP contribution is 2.28. The van der Waals surface area contributed by atoms with E-state index in [2.05, 4.69) is 17.1 Å². The summed E-state index contributed by atoms with van der Waals surface area (Å²) in [5.74, 6) is 2.44. The molecule has 1 saturated heterocycles. The van der Waals surface area contributed by atoms with Crippen molar-refractivity contribution in [2.24, 2.45) is 5.92 Å². The van der Waals surface area contributed by atoms with E-state index in [-0.39, 0.29) is 5.91 Å². The fourth-order valence-electron chi connectivity index (χ4n) is 4.62. The summed E-state index contributed by atoms with van der Waals surface area (Å²) in [6.45, 7) is 6.62. The highest BCUT2D eigenvalue weighted by molar-refractivity contribution is 5.73. The summed E-state index contributed by atoms with van der Waals surface area (Å²) in [6, 6.07) is 0. The number of fused-ring (bicyclic) bond motifs is 1. The minimum Gasteiger partial charge on any atom is -0.338 e. The van der Waals surface area contributed by atoms with Gasteiger partial charge in [0.15, 0.2) is 0 Å². The molecule has 0 N–H and O–H groups in total. The molecule has 26 heavy (non-hydrogen) atoms. The Kier molecular flexibility index (Phi) is 5.34. The van der Waals surface area contributed by atoms with Crippen LogP contribution >= 0.6 is 0 Å². The lowest BCUT2D eigenvalue weighted by Gasteiger charge is -2.35. The van der Waals surface area contributed by atoms with Crippen LogP contribution in [0.3, 0.4) is 0 Å². The number of allylic oxidation sites excluding steroid dienone is 2. The van der Waals surface area contributed by atoms with Crippen LogP contribution in [0.15, 0.2) is 18.3 Å². The first-order chi connectivity index (χ1) is 12.7. The van der Waals surface area contributed by atoms with Crippen molar-refractivity contribution in [2.45, 2.75) is 57.9 Å². The monoisotopic (exact) mass is 354 g/mol. The van der Waals surface area contributed by atoms with Crippen LogP contribution in [-0.4, -0.2) is 51.9 Å². The van der Waals surface area contributed by atoms with Gasteiger partial charge in [0.2, 0.25) is 5.91 Å². The zero-order valence-electron chi connectivity index (χ0n) is 15.9. The Labute approximate surface area is 156 Å². The zero-order valence-corrected chi connectivity index (χ0v) is 15.9. The van der Waals surface area contributed by atoms with Gasteiger partial charge in [-0.3, -0.25) is 4.79 Å². The van der Waals surface area contributed by atoms with Crippen LogP contribution in [0.25, 0.3) is 0 Å². The molecule has 2 unspecified atom stereocenters. The molecule has 0 bridgehead atoms. The molecule has 5 nitrogen and oxygen atoms in total. The summed E-state index contributed by atoms with van der Waals surface area (Å²) >= 11 is 0. The fourth-order valence-corrected chi connectivity index (χ4v) is 4.62. The average Bonchev–Trinajstić information content (AvgIpc) is 2.68. The van der Waals surface area contributed by atoms with E-state index in [4.69, 9.17) is 9.97 Å². The van der Waals surface area contributed by atoms with E-state index >= 15 is 0 Å². The lowest BCUT2D eigenvalue weighted by Crippen LogP contribution is -2.39. The number of aromatic nitrogens is 2. The molecule has 0 aromatic carbocycles. The number of hydrogen-bond donors (Lipinski definition) is 0. The summed E-state index contributed by atoms with van der Waals surface area (Å²) < 4.78 is 0. The molecule has 2 atom stereocenters. The Morgan fingerprint density at radius 1 is 1.27 bits per heavy atom. The molecule has 2 aliphatic heterocycles. The van der Waals surface area contributed by atoms with Gasteiger partial charge in [0.25, 0.3) is 0 Å². The largest absolute Gasteiger partial charge is 0.338 e. The van der Waals surface area contributed by atoms with E-state index in [0.717, 1.165) is 42.5 Å². The van der Waals surface area contributed by atoms with Crippen molar-refractivity contribution in [3.8, 4) is 0 Å². The van der Waals surface area contributed by atoms with Crippen molar-refractivity contribution in [1.29, 1.82) is 0 Å². The van der Waals surface area contributed by atoms with Gasteiger partial charge in [-0.2, -0.15) is 0 Å². The average molecular weight is 354 g/mol. The van der Waals surface area contributed by atoms with Gasteiger partial charge < -0.3 is 9.80 Å². The maximum absolute atomic E-state index is 11.6. The lowest BCUT2D eigenvalue weighted by atomic mass is 9.91. The van der Waals surface area contributed by atoms with Crippen molar-refractivity contribution in [3.05, 3.63) is 35.4 Å². The van der Waals surface area contributed by atoms with E-state index in [9.17, 15) is 4.79 Å². The van der Waals surface area contributed by atoms with Crippen LogP contribution in [-0.2, 0) is 17.8 Å². The molecule has 5 heteroatoms. The fraction of sp³-hybridized carbons (Fsp3) is 0.667. The molecule has 1 aromatic heterocycles. The molecule has 1 amide bonds. The highest BCUT2D eigenvalue weighted by Gasteiger charge is 2.27. The van der Waals surface area contributed by atoms with Crippen molar-refractivity contribution in [1.82, 2.24) is 19.8 Å². The van der Waals surface area contributed by atoms with Gasteiger partial charge >= 0.3 is 0 Å². The normalized spacial score (nSPS) is 26.6. The van der Waals surface area contributed by atoms with E-state index in [0.29, 0.717) is 12.5 Å². The van der Waals surface area contributed by atoms with Gasteiger partial charge in [-0.25, -0.2) is 9.97 Å². The van der Waals surface area contributed by atoms with Gasteiger partial charge in [-0.05, 0) is 44.6 Å². The second-order valence-corrected chi connectivity index (χ2v) is 8.14. The number of rotatable bonds is 3. The lowest BCUT2D eigenvalue weighted by molar-refractivity contribution is -0.129. The van der Waals surface area contributed by atoms with E-state index in [1.807, 2.05) is 11.1 Å². The maximum atomic E-state index is 11.6. The Morgan fingerprint density at radius 2 is 2.19 bits per heavy atom. The number of carbonyl (C=O) groups is 1. The summed E-state index contributed by atoms with van der Waals surface area (Å²) in [7, 11) is 0. The molecule has 3 aliphatic rings. The van der Waals surface area contributed by atoms with Crippen LogP contribution in [0.4, 0.5) is 0 Å². The van der Waals surface area contributed by atoms with Crippen LogP contribution in [0.5, 0.6) is 0 Å². The minimum atomic E-state index is 0.139. The zero-order chi connectivity index (χ0) is 17.9. The van der Waals surface area contributed by atoms with Gasteiger partial charge in [0, 0.05) is 57.2 Å². The summed E-state index contributed by atoms with van der Waals surface area (Å²) in [5.41, 5.74) is 2.28. The van der Waals surface area contributed by atoms with Crippen LogP contribution in [0, 0.1) is 5.92 Å². The molecule has 0 radical (unpaired) electrons. The van der Waals surface area contributed by atoms with E-state index in [1.54, 1.807) is 6.92 Å². The summed E-state index contributed by atoms with van der Waals surface area (Å²) in [4.78, 5) is 25.7. The number of likely N-dealkylation sites (tertiary alicyclic amines) is 1. The molecular weight excluding hydrogens is 324 g/mol. The molecule has 1 aliphatic carbocycles. The molecule has 140 valence electrons. The number of carbonyl (C=O) groups excluding carboxylic acids is 1. The topological polar surface area (TPSA) is 49.3 Å². The second kappa shape index (κ2) is 7.87. The molecule has 4 rings (SSSR count). The standard InChI is InChI=1S/C21H30N4O/c1-16(26)25-11-9-20-19(15-25)12-22-21(23-20)18-8-5-10-24(14-18)13-17-6-3-2-4-7-17/h2-3,12,17-18H,4-11,13-15H2,1H3. The number of nitrogens with zero attached hydrogens (tertiary/aromatic N) is 4. The minimum absolute atomic E-state index is 0.139. The quantitative estimate of drug-likeness (QED) is 0.783. The molecule has 3 heterocycles. The predicted molar refractivity (Wildman–Crippen MR) is 102 cm³/mol. The predicted octanol–water partition coefficient (Wildman–Crippen LogP) is 2.92. The maximum Gasteiger partial charge on any atom is 0.219 e. The molecule has 1 fully saturated rings. The van der Waals surface area contributed by atoms with Crippen molar-refractivity contribution in [3.63, 3.8) is 0 Å². The Morgan fingerprint density at radius 3 is 3.00 bits per heavy atom. The highest BCUT2D eigenvalue weighted by atomic mass is 16.2. The number of amides is 1. The van der Waals surface area contributed by atoms with Gasteiger partial charge in [-0.1, -0.05) is 12.2 Å². The number of piperidine rings is 1. The third-order valence-corrected chi connectivity index (χ3v) is 6.16. The molecule has 0 saturated carbocycles. The van der Waals surface area contributed by atoms with E-state index in [1.165, 1.54) is 45.2 Å². The molecular formula is C21H30N4O. The Balaban J connectivity index is 1.41. The van der Waals surface area contributed by atoms with Gasteiger partial charge in [0.1, 0.15) is 5.82 Å². The first-order valence-corrected chi connectivity index (χ1v) is 10.2. The van der Waals surface area contributed by atoms with Gasteiger partial charge in [-0.15, -0.1) is 0 Å².